The van der Waals surface area contributed by atoms with Crippen LogP contribution in [-0.2, 0) is 0 Å². The van der Waals surface area contributed by atoms with Crippen LogP contribution >= 0.6 is 0 Å². The minimum Gasteiger partial charge on any atom is -0.371 e. The van der Waals surface area contributed by atoms with Gasteiger partial charge in [-0.25, -0.2) is 28.2 Å². The van der Waals surface area contributed by atoms with Gasteiger partial charge in [0, 0.05) is 24.2 Å². The number of rotatable bonds is 6. The summed E-state index contributed by atoms with van der Waals surface area (Å²) in [6, 6.07) is 9.47. The zero-order chi connectivity index (χ0) is 21.4. The number of likely N-dealkylation sites (tertiary alicyclic amines) is 1. The highest BCUT2D eigenvalue weighted by Crippen LogP contribution is 2.29. The van der Waals surface area contributed by atoms with E-state index in [-0.39, 0.29) is 13.1 Å². The van der Waals surface area contributed by atoms with Crippen molar-refractivity contribution >= 4 is 22.8 Å². The molecule has 0 bridgehead atoms. The first-order valence-electron chi connectivity index (χ1n) is 9.80. The van der Waals surface area contributed by atoms with Crippen molar-refractivity contribution in [2.75, 3.05) is 30.4 Å². The van der Waals surface area contributed by atoms with E-state index in [9.17, 15) is 8.78 Å². The molecule has 1 saturated heterocycles. The van der Waals surface area contributed by atoms with E-state index in [1.165, 1.54) is 0 Å². The Hall–Kier alpha value is -3.66. The fourth-order valence-corrected chi connectivity index (χ4v) is 3.58. The summed E-state index contributed by atoms with van der Waals surface area (Å²) < 4.78 is 28.0. The van der Waals surface area contributed by atoms with Crippen molar-refractivity contribution in [3.63, 3.8) is 0 Å². The molecular formula is C21H20F2N8. The summed E-state index contributed by atoms with van der Waals surface area (Å²) in [4.78, 5) is 14.5. The SMILES string of the molecule is Cc1nccc(Nc2cc(-c3cc(NCN4CC(F)(F)C4)c4ccnn4c3)ccn2)n1. The third-order valence-electron chi connectivity index (χ3n) is 5.04. The number of anilines is 3. The van der Waals surface area contributed by atoms with E-state index in [1.807, 2.05) is 37.4 Å². The quantitative estimate of drug-likeness (QED) is 0.492. The molecule has 0 saturated carbocycles. The van der Waals surface area contributed by atoms with Crippen LogP contribution in [0.1, 0.15) is 5.82 Å². The average Bonchev–Trinajstić information content (AvgIpc) is 3.19. The molecule has 4 aromatic heterocycles. The number of nitrogens with one attached hydrogen (secondary N) is 2. The maximum Gasteiger partial charge on any atom is 0.273 e. The van der Waals surface area contributed by atoms with E-state index in [0.717, 1.165) is 22.3 Å². The van der Waals surface area contributed by atoms with E-state index in [0.29, 0.717) is 24.1 Å². The van der Waals surface area contributed by atoms with Crippen LogP contribution in [-0.4, -0.2) is 55.1 Å². The number of pyridine rings is 2. The zero-order valence-electron chi connectivity index (χ0n) is 16.8. The average molecular weight is 422 g/mol. The monoisotopic (exact) mass is 422 g/mol. The number of hydrogen-bond acceptors (Lipinski definition) is 7. The Morgan fingerprint density at radius 3 is 2.65 bits per heavy atom. The Balaban J connectivity index is 1.41. The van der Waals surface area contributed by atoms with E-state index in [2.05, 4.69) is 30.7 Å². The third kappa shape index (κ3) is 4.15. The summed E-state index contributed by atoms with van der Waals surface area (Å²) >= 11 is 0. The first kappa shape index (κ1) is 19.3. The van der Waals surface area contributed by atoms with Crippen molar-refractivity contribution in [1.29, 1.82) is 0 Å². The lowest BCUT2D eigenvalue weighted by Gasteiger charge is -2.38. The standard InChI is InChI=1S/C21H20F2N8/c1-14-24-6-4-19(28-14)29-20-9-15(2-5-25-20)16-8-17(18-3-7-27-31(18)10-16)26-13-30-11-21(22,23)12-30/h2-10,26H,11-13H2,1H3,(H,24,25,28,29). The van der Waals surface area contributed by atoms with Gasteiger partial charge in [0.15, 0.2) is 0 Å². The molecule has 1 fully saturated rings. The van der Waals surface area contributed by atoms with Crippen molar-refractivity contribution in [3.05, 3.63) is 60.9 Å². The first-order valence-corrected chi connectivity index (χ1v) is 9.80. The predicted octanol–water partition coefficient (Wildman–Crippen LogP) is 3.56. The molecule has 0 radical (unpaired) electrons. The molecule has 0 aliphatic carbocycles. The second-order valence-corrected chi connectivity index (χ2v) is 7.53. The summed E-state index contributed by atoms with van der Waals surface area (Å²) in [6.45, 7) is 1.72. The Labute approximate surface area is 177 Å². The lowest BCUT2D eigenvalue weighted by Crippen LogP contribution is -2.57. The molecule has 31 heavy (non-hydrogen) atoms. The Morgan fingerprint density at radius 2 is 1.84 bits per heavy atom. The van der Waals surface area contributed by atoms with Crippen LogP contribution in [0.4, 0.5) is 26.1 Å². The molecule has 5 heterocycles. The van der Waals surface area contributed by atoms with Crippen molar-refractivity contribution in [2.45, 2.75) is 12.8 Å². The molecule has 0 spiro atoms. The van der Waals surface area contributed by atoms with Crippen LogP contribution in [0.25, 0.3) is 16.6 Å². The van der Waals surface area contributed by atoms with Gasteiger partial charge < -0.3 is 10.6 Å². The van der Waals surface area contributed by atoms with Crippen LogP contribution in [0.2, 0.25) is 0 Å². The van der Waals surface area contributed by atoms with Crippen molar-refractivity contribution in [1.82, 2.24) is 29.5 Å². The Kier molecular flexibility index (Phi) is 4.70. The Morgan fingerprint density at radius 1 is 1.00 bits per heavy atom. The van der Waals surface area contributed by atoms with E-state index in [4.69, 9.17) is 0 Å². The largest absolute Gasteiger partial charge is 0.371 e. The number of halogens is 2. The second-order valence-electron chi connectivity index (χ2n) is 7.53. The van der Waals surface area contributed by atoms with Gasteiger partial charge in [-0.05, 0) is 42.8 Å². The number of nitrogens with zero attached hydrogens (tertiary/aromatic N) is 6. The molecule has 0 unspecified atom stereocenters. The van der Waals surface area contributed by atoms with Crippen LogP contribution in [0, 0.1) is 6.92 Å². The maximum atomic E-state index is 13.1. The smallest absolute Gasteiger partial charge is 0.273 e. The van der Waals surface area contributed by atoms with Gasteiger partial charge in [-0.3, -0.25) is 4.90 Å². The molecule has 158 valence electrons. The zero-order valence-corrected chi connectivity index (χ0v) is 16.8. The normalized spacial score (nSPS) is 15.6. The lowest BCUT2D eigenvalue weighted by molar-refractivity contribution is -0.127. The van der Waals surface area contributed by atoms with E-state index < -0.39 is 5.92 Å². The van der Waals surface area contributed by atoms with Crippen LogP contribution in [0.5, 0.6) is 0 Å². The van der Waals surface area contributed by atoms with Crippen LogP contribution in [0.15, 0.2) is 55.1 Å². The number of aromatic nitrogens is 5. The minimum absolute atomic E-state index is 0.225. The molecule has 5 rings (SSSR count). The van der Waals surface area contributed by atoms with Gasteiger partial charge in [0.05, 0.1) is 37.2 Å². The predicted molar refractivity (Wildman–Crippen MR) is 113 cm³/mol. The molecule has 10 heteroatoms. The topological polar surface area (TPSA) is 83.3 Å². The molecule has 2 N–H and O–H groups in total. The molecule has 1 aliphatic rings. The van der Waals surface area contributed by atoms with E-state index in [1.54, 1.807) is 34.1 Å². The fourth-order valence-electron chi connectivity index (χ4n) is 3.58. The van der Waals surface area contributed by atoms with Crippen molar-refractivity contribution in [2.24, 2.45) is 0 Å². The molecule has 0 amide bonds. The van der Waals surface area contributed by atoms with Gasteiger partial charge in [0.1, 0.15) is 17.5 Å². The van der Waals surface area contributed by atoms with Crippen LogP contribution < -0.4 is 10.6 Å². The molecule has 1 aliphatic heterocycles. The lowest BCUT2D eigenvalue weighted by atomic mass is 10.1. The molecule has 8 nitrogen and oxygen atoms in total. The molecule has 4 aromatic rings. The first-order chi connectivity index (χ1) is 14.9. The molecule has 0 atom stereocenters. The van der Waals surface area contributed by atoms with Gasteiger partial charge >= 0.3 is 0 Å². The highest BCUT2D eigenvalue weighted by Gasteiger charge is 2.43. The summed E-state index contributed by atoms with van der Waals surface area (Å²) in [5, 5.41) is 10.8. The molecule has 0 aromatic carbocycles. The summed E-state index contributed by atoms with van der Waals surface area (Å²) in [7, 11) is 0. The number of hydrogen-bond donors (Lipinski definition) is 2. The van der Waals surface area contributed by atoms with Gasteiger partial charge in [0.25, 0.3) is 5.92 Å². The number of aryl methyl sites for hydroxylation is 1. The summed E-state index contributed by atoms with van der Waals surface area (Å²) in [5.74, 6) is -0.610. The highest BCUT2D eigenvalue weighted by atomic mass is 19.3. The number of alkyl halides is 2. The van der Waals surface area contributed by atoms with Gasteiger partial charge in [-0.1, -0.05) is 0 Å². The summed E-state index contributed by atoms with van der Waals surface area (Å²) in [6.07, 6.45) is 7.03. The van der Waals surface area contributed by atoms with Crippen molar-refractivity contribution in [3.8, 4) is 11.1 Å². The minimum atomic E-state index is -2.59. The van der Waals surface area contributed by atoms with Gasteiger partial charge in [0.2, 0.25) is 0 Å². The van der Waals surface area contributed by atoms with Crippen LogP contribution in [0.3, 0.4) is 0 Å². The third-order valence-corrected chi connectivity index (χ3v) is 5.04. The van der Waals surface area contributed by atoms with Gasteiger partial charge in [-0.2, -0.15) is 5.10 Å². The second kappa shape index (κ2) is 7.55. The fraction of sp³-hybridized carbons (Fsp3) is 0.238. The van der Waals surface area contributed by atoms with Gasteiger partial charge in [-0.15, -0.1) is 0 Å². The number of fused-ring (bicyclic) bond motifs is 1. The van der Waals surface area contributed by atoms with E-state index >= 15 is 0 Å². The maximum absolute atomic E-state index is 13.1. The Bertz CT molecular complexity index is 1230. The van der Waals surface area contributed by atoms with Crippen molar-refractivity contribution < 1.29 is 8.78 Å². The summed E-state index contributed by atoms with van der Waals surface area (Å²) in [5.41, 5.74) is 3.54. The highest BCUT2D eigenvalue weighted by molar-refractivity contribution is 5.79. The molecular weight excluding hydrogens is 402 g/mol.